The van der Waals surface area contributed by atoms with E-state index in [1.54, 1.807) is 6.08 Å². The number of rotatable bonds is 42. The average Bonchev–Trinajstić information content (AvgIpc) is 3.37. The van der Waals surface area contributed by atoms with Crippen molar-refractivity contribution in [3.05, 3.63) is 72.9 Å². The lowest BCUT2D eigenvalue weighted by molar-refractivity contribution is -0.359. The van der Waals surface area contributed by atoms with Crippen LogP contribution < -0.4 is 5.32 Å². The minimum atomic E-state index is -1.80. The van der Waals surface area contributed by atoms with Gasteiger partial charge in [0.25, 0.3) is 0 Å². The van der Waals surface area contributed by atoms with E-state index in [1.165, 1.54) is 89.9 Å². The zero-order chi connectivity index (χ0) is 51.7. The van der Waals surface area contributed by atoms with E-state index >= 15 is 0 Å². The van der Waals surface area contributed by atoms with Gasteiger partial charge < -0.3 is 65.1 Å². The van der Waals surface area contributed by atoms with Crippen LogP contribution >= 0.6 is 0 Å². The summed E-state index contributed by atoms with van der Waals surface area (Å²) in [4.78, 5) is 13.2. The summed E-state index contributed by atoms with van der Waals surface area (Å²) in [5, 5.41) is 86.8. The fraction of sp³-hybridized carbons (Fsp3) is 0.772. The quantitative estimate of drug-likeness (QED) is 0.0207. The summed E-state index contributed by atoms with van der Waals surface area (Å²) in [6.07, 6.45) is 38.2. The first-order chi connectivity index (χ1) is 34.6. The molecule has 2 aliphatic rings. The van der Waals surface area contributed by atoms with Crippen LogP contribution in [0.25, 0.3) is 0 Å². The minimum absolute atomic E-state index is 0.231. The molecule has 71 heavy (non-hydrogen) atoms. The van der Waals surface area contributed by atoms with Gasteiger partial charge in [-0.3, -0.25) is 4.79 Å². The average molecular weight is 1010 g/mol. The predicted octanol–water partition coefficient (Wildman–Crippen LogP) is 8.38. The third-order valence-corrected chi connectivity index (χ3v) is 13.1. The van der Waals surface area contributed by atoms with E-state index in [0.29, 0.717) is 12.8 Å². The highest BCUT2D eigenvalue weighted by Crippen LogP contribution is 2.30. The number of aliphatic hydroxyl groups excluding tert-OH is 8. The summed E-state index contributed by atoms with van der Waals surface area (Å²) in [6.45, 7) is 2.62. The monoisotopic (exact) mass is 1010 g/mol. The molecule has 2 heterocycles. The molecule has 410 valence electrons. The lowest BCUT2D eigenvalue weighted by atomic mass is 9.97. The minimum Gasteiger partial charge on any atom is -0.394 e. The molecule has 0 aliphatic carbocycles. The molecule has 14 heteroatoms. The van der Waals surface area contributed by atoms with Crippen molar-refractivity contribution in [3.8, 4) is 0 Å². The second-order valence-electron chi connectivity index (χ2n) is 19.3. The normalized spacial score (nSPS) is 26.3. The number of allylic oxidation sites excluding steroid dienone is 11. The third kappa shape index (κ3) is 29.2. The molecular weight excluding hydrogens is 907 g/mol. The van der Waals surface area contributed by atoms with Gasteiger partial charge in [0, 0.05) is 6.42 Å². The predicted molar refractivity (Wildman–Crippen MR) is 281 cm³/mol. The fourth-order valence-corrected chi connectivity index (χ4v) is 8.63. The van der Waals surface area contributed by atoms with Crippen molar-refractivity contribution < 1.29 is 64.6 Å². The van der Waals surface area contributed by atoms with Crippen molar-refractivity contribution >= 4 is 5.91 Å². The smallest absolute Gasteiger partial charge is 0.220 e. The Labute approximate surface area is 428 Å². The molecule has 0 radical (unpaired) electrons. The lowest BCUT2D eigenvalue weighted by Crippen LogP contribution is -2.65. The second kappa shape index (κ2) is 42.8. The third-order valence-electron chi connectivity index (χ3n) is 13.1. The molecule has 9 N–H and O–H groups in total. The molecule has 0 aromatic rings. The Kier molecular flexibility index (Phi) is 38.9. The molecule has 2 fully saturated rings. The Bertz CT molecular complexity index is 1470. The highest BCUT2D eigenvalue weighted by Gasteiger charge is 2.51. The van der Waals surface area contributed by atoms with E-state index in [1.807, 2.05) is 6.08 Å². The topological polar surface area (TPSA) is 228 Å². The summed E-state index contributed by atoms with van der Waals surface area (Å²) in [5.41, 5.74) is 0. The highest BCUT2D eigenvalue weighted by molar-refractivity contribution is 5.76. The molecule has 0 aromatic heterocycles. The van der Waals surface area contributed by atoms with Crippen LogP contribution in [0.15, 0.2) is 72.9 Å². The van der Waals surface area contributed by atoms with E-state index in [-0.39, 0.29) is 18.9 Å². The van der Waals surface area contributed by atoms with Crippen LogP contribution in [0, 0.1) is 0 Å². The van der Waals surface area contributed by atoms with Gasteiger partial charge in [0.05, 0.1) is 32.0 Å². The van der Waals surface area contributed by atoms with Crippen molar-refractivity contribution in [1.29, 1.82) is 0 Å². The van der Waals surface area contributed by atoms with Gasteiger partial charge in [0.15, 0.2) is 12.6 Å². The van der Waals surface area contributed by atoms with E-state index in [9.17, 15) is 45.6 Å². The van der Waals surface area contributed by atoms with Gasteiger partial charge in [-0.25, -0.2) is 0 Å². The molecular formula is C57H99NO13. The number of nitrogens with one attached hydrogen (secondary N) is 1. The van der Waals surface area contributed by atoms with Crippen LogP contribution in [-0.4, -0.2) is 140 Å². The SMILES string of the molecule is CC/C=C\C/C=C\C/C=C\CCCCCC(=O)NC(COC1OC(CO)C(OC2OC(CO)C(O)C(O)C2O)C(O)C1O)C(O)/C=C/CC/C=C/CC/C=C/CCCCCCCCCCCCCCCC. The Balaban J connectivity index is 1.82. The molecule has 12 unspecified atom stereocenters. The number of amides is 1. The van der Waals surface area contributed by atoms with E-state index < -0.39 is 86.8 Å². The number of carbonyl (C=O) groups excluding carboxylic acids is 1. The van der Waals surface area contributed by atoms with Crippen LogP contribution in [0.4, 0.5) is 0 Å². The molecule has 14 nitrogen and oxygen atoms in total. The Morgan fingerprint density at radius 1 is 0.521 bits per heavy atom. The van der Waals surface area contributed by atoms with Gasteiger partial charge >= 0.3 is 0 Å². The summed E-state index contributed by atoms with van der Waals surface area (Å²) in [7, 11) is 0. The van der Waals surface area contributed by atoms with E-state index in [0.717, 1.165) is 64.2 Å². The number of carbonyl (C=O) groups is 1. The van der Waals surface area contributed by atoms with Gasteiger partial charge in [0.1, 0.15) is 48.8 Å². The van der Waals surface area contributed by atoms with Gasteiger partial charge in [-0.2, -0.15) is 0 Å². The molecule has 2 rings (SSSR count). The summed E-state index contributed by atoms with van der Waals surface area (Å²) in [6, 6.07) is -0.956. The molecule has 2 aliphatic heterocycles. The van der Waals surface area contributed by atoms with Crippen molar-refractivity contribution in [2.75, 3.05) is 19.8 Å². The fourth-order valence-electron chi connectivity index (χ4n) is 8.63. The maximum absolute atomic E-state index is 13.2. The second-order valence-corrected chi connectivity index (χ2v) is 19.3. The zero-order valence-corrected chi connectivity index (χ0v) is 43.7. The zero-order valence-electron chi connectivity index (χ0n) is 43.7. The standard InChI is InChI=1S/C57H99NO13/c1-3-5-7-9-11-13-15-17-18-19-20-21-22-23-24-25-26-27-29-30-32-34-36-38-40-46(61)45(58-49(62)41-39-37-35-33-31-28-16-14-12-10-8-6-4-2)44-68-56-54(67)52(65)55(48(43-60)70-56)71-57-53(66)51(64)50(63)47(42-59)69-57/h6,8,12,14,25-26,28,30-32,38,40,45-48,50-57,59-61,63-67H,3-5,7,9-11,13,15-24,27,29,33-37,39,41-44H2,1-2H3,(H,58,62)/b8-6-,14-12-,26-25+,31-28-,32-30+,40-38+. The van der Waals surface area contributed by atoms with Crippen LogP contribution in [0.1, 0.15) is 187 Å². The maximum atomic E-state index is 13.2. The largest absolute Gasteiger partial charge is 0.394 e. The Morgan fingerprint density at radius 3 is 1.55 bits per heavy atom. The number of hydrogen-bond donors (Lipinski definition) is 9. The number of ether oxygens (including phenoxy) is 4. The van der Waals surface area contributed by atoms with Crippen molar-refractivity contribution in [1.82, 2.24) is 5.32 Å². The van der Waals surface area contributed by atoms with E-state index in [2.05, 4.69) is 79.9 Å². The first-order valence-electron chi connectivity index (χ1n) is 27.7. The van der Waals surface area contributed by atoms with Gasteiger partial charge in [-0.05, 0) is 77.0 Å². The summed E-state index contributed by atoms with van der Waals surface area (Å²) in [5.74, 6) is -0.285. The van der Waals surface area contributed by atoms with Gasteiger partial charge in [0.2, 0.25) is 5.91 Å². The van der Waals surface area contributed by atoms with Crippen molar-refractivity contribution in [3.63, 3.8) is 0 Å². The van der Waals surface area contributed by atoms with Gasteiger partial charge in [-0.15, -0.1) is 0 Å². The molecule has 0 aromatic carbocycles. The van der Waals surface area contributed by atoms with Crippen LogP contribution in [0.5, 0.6) is 0 Å². The lowest BCUT2D eigenvalue weighted by Gasteiger charge is -2.46. The van der Waals surface area contributed by atoms with Crippen LogP contribution in [0.3, 0.4) is 0 Å². The summed E-state index contributed by atoms with van der Waals surface area (Å²) >= 11 is 0. The van der Waals surface area contributed by atoms with Gasteiger partial charge in [-0.1, -0.05) is 177 Å². The van der Waals surface area contributed by atoms with Crippen LogP contribution in [0.2, 0.25) is 0 Å². The number of hydrogen-bond acceptors (Lipinski definition) is 13. The van der Waals surface area contributed by atoms with E-state index in [4.69, 9.17) is 18.9 Å². The molecule has 0 saturated carbocycles. The van der Waals surface area contributed by atoms with Crippen molar-refractivity contribution in [2.24, 2.45) is 0 Å². The molecule has 12 atom stereocenters. The highest BCUT2D eigenvalue weighted by atomic mass is 16.7. The first-order valence-corrected chi connectivity index (χ1v) is 27.7. The first kappa shape index (κ1) is 64.5. The van der Waals surface area contributed by atoms with Crippen LogP contribution in [-0.2, 0) is 23.7 Å². The van der Waals surface area contributed by atoms with Crippen molar-refractivity contribution in [2.45, 2.75) is 261 Å². The Morgan fingerprint density at radius 2 is 0.986 bits per heavy atom. The molecule has 1 amide bonds. The maximum Gasteiger partial charge on any atom is 0.220 e. The molecule has 0 bridgehead atoms. The Hall–Kier alpha value is -2.57. The molecule has 0 spiro atoms. The number of unbranched alkanes of at least 4 members (excludes halogenated alkanes) is 19. The number of aliphatic hydroxyl groups is 8. The summed E-state index contributed by atoms with van der Waals surface area (Å²) < 4.78 is 22.7. The molecule has 2 saturated heterocycles.